The second-order valence-corrected chi connectivity index (χ2v) is 7.91. The summed E-state index contributed by atoms with van der Waals surface area (Å²) in [6.45, 7) is 22.0. The number of aromatic nitrogens is 2. The Kier molecular flexibility index (Phi) is 8.07. The van der Waals surface area contributed by atoms with E-state index in [9.17, 15) is 8.42 Å². The summed E-state index contributed by atoms with van der Waals surface area (Å²) in [5, 5.41) is 8.18. The number of nitrogens with one attached hydrogen (secondary N) is 2. The molecule has 0 bridgehead atoms. The van der Waals surface area contributed by atoms with Crippen LogP contribution in [0.15, 0.2) is 28.4 Å². The van der Waals surface area contributed by atoms with Gasteiger partial charge in [-0.2, -0.15) is 13.1 Å². The van der Waals surface area contributed by atoms with Gasteiger partial charge in [0.2, 0.25) is 0 Å². The summed E-state index contributed by atoms with van der Waals surface area (Å²) in [5.41, 5.74) is 1.36. The number of rotatable bonds is 10. The molecule has 0 saturated carbocycles. The zero-order valence-corrected chi connectivity index (χ0v) is 18.7. The Bertz CT molecular complexity index is 1140. The minimum absolute atomic E-state index is 0.0607. The first-order chi connectivity index (χ1) is 14.8. The zero-order valence-electron chi connectivity index (χ0n) is 17.9. The van der Waals surface area contributed by atoms with Crippen LogP contribution in [0.2, 0.25) is 0 Å². The number of azo groups is 1. The summed E-state index contributed by atoms with van der Waals surface area (Å²) in [4.78, 5) is 12.6. The fraction of sp³-hybridized carbons (Fsp3) is 0.421. The first-order valence-electron chi connectivity index (χ1n) is 9.69. The standard InChI is InChI=1S/C19H25N9O2S/c1-7-12-22-31(29,30)26-16-13-14(28(8-2)9-3)10-11-15(16)24-25-19-23-17(20-4)18(21-5)27(19)6/h10-11,13,22,26H,7-9,12H2,1-3,6H3. The molecule has 1 aromatic heterocycles. The molecule has 2 aromatic rings. The first kappa shape index (κ1) is 23.8. The third-order valence-electron chi connectivity index (χ3n) is 4.38. The zero-order chi connectivity index (χ0) is 23.0. The van der Waals surface area contributed by atoms with Crippen LogP contribution >= 0.6 is 0 Å². The summed E-state index contributed by atoms with van der Waals surface area (Å²) in [7, 11) is -2.24. The molecule has 2 N–H and O–H groups in total. The third kappa shape index (κ3) is 5.78. The molecular weight excluding hydrogens is 418 g/mol. The SMILES string of the molecule is [C-]#[N+]c1nc(N=Nc2ccc(N(CC)CC)cc2NS(=O)(=O)NCCC)n(C)c1[N+]#[C-]. The Morgan fingerprint density at radius 1 is 1.16 bits per heavy atom. The molecule has 1 heterocycles. The van der Waals surface area contributed by atoms with E-state index in [1.54, 1.807) is 19.2 Å². The number of hydrogen-bond acceptors (Lipinski definition) is 6. The lowest BCUT2D eigenvalue weighted by Crippen LogP contribution is -2.30. The third-order valence-corrected chi connectivity index (χ3v) is 5.45. The summed E-state index contributed by atoms with van der Waals surface area (Å²) in [6, 6.07) is 5.18. The number of hydrogen-bond donors (Lipinski definition) is 2. The van der Waals surface area contributed by atoms with Crippen LogP contribution in [0.25, 0.3) is 9.69 Å². The second kappa shape index (κ2) is 10.5. The number of imidazole rings is 1. The van der Waals surface area contributed by atoms with Crippen LogP contribution in [0.1, 0.15) is 27.2 Å². The molecule has 0 saturated heterocycles. The van der Waals surface area contributed by atoms with Gasteiger partial charge in [-0.15, -0.1) is 5.11 Å². The number of nitrogens with zero attached hydrogens (tertiary/aromatic N) is 7. The van der Waals surface area contributed by atoms with Crippen LogP contribution in [-0.2, 0) is 17.3 Å². The maximum atomic E-state index is 12.4. The van der Waals surface area contributed by atoms with Crippen LogP contribution in [-0.4, -0.2) is 37.6 Å². The van der Waals surface area contributed by atoms with E-state index in [1.807, 2.05) is 26.8 Å². The molecule has 0 unspecified atom stereocenters. The quantitative estimate of drug-likeness (QED) is 0.417. The fourth-order valence-electron chi connectivity index (χ4n) is 2.75. The molecule has 0 spiro atoms. The minimum Gasteiger partial charge on any atom is -0.373 e. The molecule has 2 rings (SSSR count). The first-order valence-corrected chi connectivity index (χ1v) is 11.2. The van der Waals surface area contributed by atoms with Crippen molar-refractivity contribution in [2.45, 2.75) is 27.2 Å². The molecule has 0 atom stereocenters. The van der Waals surface area contributed by atoms with Gasteiger partial charge in [0.25, 0.3) is 21.8 Å². The number of benzene rings is 1. The molecule has 12 heteroatoms. The van der Waals surface area contributed by atoms with E-state index < -0.39 is 10.2 Å². The van der Waals surface area contributed by atoms with E-state index in [2.05, 4.69) is 39.2 Å². The van der Waals surface area contributed by atoms with Crippen LogP contribution in [0, 0.1) is 13.1 Å². The van der Waals surface area contributed by atoms with Gasteiger partial charge in [-0.3, -0.25) is 4.72 Å². The Labute approximate surface area is 182 Å². The molecule has 0 fully saturated rings. The van der Waals surface area contributed by atoms with Crippen LogP contribution in [0.5, 0.6) is 0 Å². The molecule has 31 heavy (non-hydrogen) atoms. The molecule has 11 nitrogen and oxygen atoms in total. The lowest BCUT2D eigenvalue weighted by atomic mass is 10.2. The van der Waals surface area contributed by atoms with E-state index in [-0.39, 0.29) is 29.0 Å². The van der Waals surface area contributed by atoms with E-state index in [0.29, 0.717) is 13.0 Å². The average Bonchev–Trinajstić information content (AvgIpc) is 3.07. The lowest BCUT2D eigenvalue weighted by molar-refractivity contribution is 0.586. The smallest absolute Gasteiger partial charge is 0.373 e. The molecule has 0 aliphatic heterocycles. The van der Waals surface area contributed by atoms with Gasteiger partial charge in [0.1, 0.15) is 5.69 Å². The van der Waals surface area contributed by atoms with Crippen molar-refractivity contribution in [2.24, 2.45) is 17.3 Å². The molecule has 0 radical (unpaired) electrons. The predicted octanol–water partition coefficient (Wildman–Crippen LogP) is 4.44. The maximum absolute atomic E-state index is 12.4. The highest BCUT2D eigenvalue weighted by Gasteiger charge is 2.20. The van der Waals surface area contributed by atoms with Crippen molar-refractivity contribution in [2.75, 3.05) is 29.3 Å². The molecule has 0 amide bonds. The van der Waals surface area contributed by atoms with Gasteiger partial charge < -0.3 is 14.6 Å². The second-order valence-electron chi connectivity index (χ2n) is 6.42. The van der Waals surface area contributed by atoms with E-state index >= 15 is 0 Å². The van der Waals surface area contributed by atoms with Gasteiger partial charge in [0.15, 0.2) is 0 Å². The monoisotopic (exact) mass is 443 g/mol. The van der Waals surface area contributed by atoms with Crippen LogP contribution in [0.4, 0.5) is 34.6 Å². The summed E-state index contributed by atoms with van der Waals surface area (Å²) >= 11 is 0. The van der Waals surface area contributed by atoms with E-state index in [4.69, 9.17) is 13.1 Å². The lowest BCUT2D eigenvalue weighted by Gasteiger charge is -2.22. The van der Waals surface area contributed by atoms with Gasteiger partial charge in [0.05, 0.1) is 12.7 Å². The molecule has 1 aromatic carbocycles. The maximum Gasteiger partial charge on any atom is 0.416 e. The van der Waals surface area contributed by atoms with Crippen molar-refractivity contribution in [1.29, 1.82) is 0 Å². The fourth-order valence-corrected chi connectivity index (χ4v) is 3.75. The molecule has 164 valence electrons. The molecular formula is C19H25N9O2S. The highest BCUT2D eigenvalue weighted by Crippen LogP contribution is 2.35. The highest BCUT2D eigenvalue weighted by atomic mass is 32.2. The van der Waals surface area contributed by atoms with Gasteiger partial charge in [0, 0.05) is 25.3 Å². The van der Waals surface area contributed by atoms with Gasteiger partial charge >= 0.3 is 5.95 Å². The van der Waals surface area contributed by atoms with Crippen LogP contribution in [0.3, 0.4) is 0 Å². The Morgan fingerprint density at radius 2 is 1.87 bits per heavy atom. The molecule has 0 aliphatic carbocycles. The van der Waals surface area contributed by atoms with Crippen molar-refractivity contribution < 1.29 is 8.42 Å². The highest BCUT2D eigenvalue weighted by molar-refractivity contribution is 7.90. The van der Waals surface area contributed by atoms with Crippen molar-refractivity contribution in [3.05, 3.63) is 41.0 Å². The van der Waals surface area contributed by atoms with Crippen molar-refractivity contribution >= 4 is 44.9 Å². The topological polar surface area (TPSA) is 113 Å². The summed E-state index contributed by atoms with van der Waals surface area (Å²) in [6.07, 6.45) is 0.652. The Hall–Kier alpha value is -3.48. The van der Waals surface area contributed by atoms with Crippen molar-refractivity contribution in [3.63, 3.8) is 0 Å². The van der Waals surface area contributed by atoms with Crippen molar-refractivity contribution in [1.82, 2.24) is 14.3 Å². The Balaban J connectivity index is 2.49. The normalized spacial score (nSPS) is 11.3. The van der Waals surface area contributed by atoms with E-state index in [1.165, 1.54) is 4.57 Å². The minimum atomic E-state index is -3.80. The van der Waals surface area contributed by atoms with Crippen LogP contribution < -0.4 is 14.3 Å². The predicted molar refractivity (Wildman–Crippen MR) is 121 cm³/mol. The average molecular weight is 444 g/mol. The summed E-state index contributed by atoms with van der Waals surface area (Å²) in [5.74, 6) is 0.0706. The Morgan fingerprint density at radius 3 is 2.42 bits per heavy atom. The number of anilines is 2. The van der Waals surface area contributed by atoms with E-state index in [0.717, 1.165) is 18.8 Å². The van der Waals surface area contributed by atoms with Gasteiger partial charge in [-0.05, 0) is 38.5 Å². The van der Waals surface area contributed by atoms with Crippen molar-refractivity contribution in [3.8, 4) is 0 Å². The summed E-state index contributed by atoms with van der Waals surface area (Å²) < 4.78 is 31.1. The molecule has 0 aliphatic rings. The van der Waals surface area contributed by atoms with Gasteiger partial charge in [-0.1, -0.05) is 30.2 Å². The largest absolute Gasteiger partial charge is 0.416 e. The van der Waals surface area contributed by atoms with Gasteiger partial charge in [-0.25, -0.2) is 4.57 Å².